The molecule has 4 nitrogen and oxygen atoms in total. The fourth-order valence-electron chi connectivity index (χ4n) is 2.32. The average Bonchev–Trinajstić information content (AvgIpc) is 2.46. The van der Waals surface area contributed by atoms with E-state index in [4.69, 9.17) is 14.2 Å². The molecule has 1 fully saturated rings. The van der Waals surface area contributed by atoms with Crippen molar-refractivity contribution in [2.24, 2.45) is 5.92 Å². The normalized spacial score (nSPS) is 23.4. The summed E-state index contributed by atoms with van der Waals surface area (Å²) in [4.78, 5) is 0. The van der Waals surface area contributed by atoms with E-state index in [1.807, 2.05) is 18.2 Å². The second kappa shape index (κ2) is 6.26. The van der Waals surface area contributed by atoms with E-state index in [0.29, 0.717) is 5.92 Å². The fourth-order valence-corrected chi connectivity index (χ4v) is 2.32. The second-order valence-electron chi connectivity index (χ2n) is 5.17. The molecule has 0 aliphatic carbocycles. The van der Waals surface area contributed by atoms with Gasteiger partial charge in [-0.25, -0.2) is 0 Å². The Labute approximate surface area is 115 Å². The summed E-state index contributed by atoms with van der Waals surface area (Å²) < 4.78 is 16.8. The van der Waals surface area contributed by atoms with Crippen molar-refractivity contribution in [3.05, 3.63) is 23.8 Å². The molecule has 0 bridgehead atoms. The standard InChI is InChI=1S/C15H23NO3/c1-10(2)14-8-16-9-15(19-14)12-6-5-11(17-3)7-13(12)18-4/h5-7,10,14-16H,8-9H2,1-4H3. The van der Waals surface area contributed by atoms with Crippen LogP contribution in [0.5, 0.6) is 11.5 Å². The summed E-state index contributed by atoms with van der Waals surface area (Å²) >= 11 is 0. The van der Waals surface area contributed by atoms with Gasteiger partial charge in [0.25, 0.3) is 0 Å². The molecule has 1 aromatic carbocycles. The summed E-state index contributed by atoms with van der Waals surface area (Å²) in [5.41, 5.74) is 1.07. The van der Waals surface area contributed by atoms with Crippen LogP contribution in [0.25, 0.3) is 0 Å². The van der Waals surface area contributed by atoms with Gasteiger partial charge >= 0.3 is 0 Å². The highest BCUT2D eigenvalue weighted by Crippen LogP contribution is 2.33. The van der Waals surface area contributed by atoms with Gasteiger partial charge in [0.2, 0.25) is 0 Å². The van der Waals surface area contributed by atoms with E-state index in [2.05, 4.69) is 19.2 Å². The lowest BCUT2D eigenvalue weighted by atomic mass is 10.0. The molecular formula is C15H23NO3. The molecule has 0 aromatic heterocycles. The van der Waals surface area contributed by atoms with Crippen molar-refractivity contribution in [3.8, 4) is 11.5 Å². The molecule has 0 spiro atoms. The Bertz CT molecular complexity index is 420. The Kier molecular flexibility index (Phi) is 4.66. The maximum atomic E-state index is 6.17. The van der Waals surface area contributed by atoms with Gasteiger partial charge in [0.15, 0.2) is 0 Å². The molecule has 0 saturated carbocycles. The Morgan fingerprint density at radius 1 is 1.21 bits per heavy atom. The van der Waals surface area contributed by atoms with Crippen LogP contribution in [-0.4, -0.2) is 33.4 Å². The summed E-state index contributed by atoms with van der Waals surface area (Å²) in [6.07, 6.45) is 0.271. The number of hydrogen-bond donors (Lipinski definition) is 1. The monoisotopic (exact) mass is 265 g/mol. The summed E-state index contributed by atoms with van der Waals surface area (Å²) in [5.74, 6) is 2.11. The third-order valence-corrected chi connectivity index (χ3v) is 3.55. The number of rotatable bonds is 4. The molecule has 4 heteroatoms. The number of benzene rings is 1. The highest BCUT2D eigenvalue weighted by Gasteiger charge is 2.27. The summed E-state index contributed by atoms with van der Waals surface area (Å²) in [6, 6.07) is 5.87. The molecule has 0 radical (unpaired) electrons. The number of morpholine rings is 1. The molecule has 1 N–H and O–H groups in total. The minimum atomic E-state index is 0.0296. The third-order valence-electron chi connectivity index (χ3n) is 3.55. The first-order valence-corrected chi connectivity index (χ1v) is 6.73. The molecular weight excluding hydrogens is 242 g/mol. The second-order valence-corrected chi connectivity index (χ2v) is 5.17. The van der Waals surface area contributed by atoms with E-state index in [0.717, 1.165) is 30.2 Å². The van der Waals surface area contributed by atoms with Crippen LogP contribution in [0, 0.1) is 5.92 Å². The predicted molar refractivity (Wildman–Crippen MR) is 74.9 cm³/mol. The number of hydrogen-bond acceptors (Lipinski definition) is 4. The zero-order valence-corrected chi connectivity index (χ0v) is 12.1. The Balaban J connectivity index is 2.20. The molecule has 1 heterocycles. The fraction of sp³-hybridized carbons (Fsp3) is 0.600. The minimum absolute atomic E-state index is 0.0296. The smallest absolute Gasteiger partial charge is 0.128 e. The topological polar surface area (TPSA) is 39.7 Å². The largest absolute Gasteiger partial charge is 0.497 e. The van der Waals surface area contributed by atoms with Crippen LogP contribution >= 0.6 is 0 Å². The molecule has 1 aromatic rings. The average molecular weight is 265 g/mol. The molecule has 2 rings (SSSR count). The number of ether oxygens (including phenoxy) is 3. The van der Waals surface area contributed by atoms with Gasteiger partial charge in [-0.1, -0.05) is 13.8 Å². The first-order valence-electron chi connectivity index (χ1n) is 6.73. The number of nitrogens with one attached hydrogen (secondary N) is 1. The lowest BCUT2D eigenvalue weighted by molar-refractivity contribution is -0.0611. The summed E-state index contributed by atoms with van der Waals surface area (Å²) in [5, 5.41) is 3.43. The van der Waals surface area contributed by atoms with Crippen molar-refractivity contribution in [1.29, 1.82) is 0 Å². The van der Waals surface area contributed by atoms with Crippen LogP contribution in [0.15, 0.2) is 18.2 Å². The molecule has 1 aliphatic heterocycles. The molecule has 106 valence electrons. The number of methoxy groups -OCH3 is 2. The SMILES string of the molecule is COc1ccc(C2CNCC(C(C)C)O2)c(OC)c1. The van der Waals surface area contributed by atoms with Gasteiger partial charge in [0, 0.05) is 24.7 Å². The maximum Gasteiger partial charge on any atom is 0.128 e. The molecule has 2 atom stereocenters. The van der Waals surface area contributed by atoms with Gasteiger partial charge in [-0.05, 0) is 18.1 Å². The molecule has 1 saturated heterocycles. The van der Waals surface area contributed by atoms with Crippen LogP contribution < -0.4 is 14.8 Å². The van der Waals surface area contributed by atoms with Gasteiger partial charge in [0.1, 0.15) is 11.5 Å². The van der Waals surface area contributed by atoms with Crippen LogP contribution in [0.3, 0.4) is 0 Å². The van der Waals surface area contributed by atoms with Gasteiger partial charge < -0.3 is 19.5 Å². The van der Waals surface area contributed by atoms with Gasteiger partial charge in [-0.2, -0.15) is 0 Å². The van der Waals surface area contributed by atoms with Crippen molar-refractivity contribution < 1.29 is 14.2 Å². The minimum Gasteiger partial charge on any atom is -0.497 e. The molecule has 1 aliphatic rings. The lowest BCUT2D eigenvalue weighted by Crippen LogP contribution is -2.43. The molecule has 19 heavy (non-hydrogen) atoms. The van der Waals surface area contributed by atoms with Crippen molar-refractivity contribution in [3.63, 3.8) is 0 Å². The first-order chi connectivity index (χ1) is 9.15. The maximum absolute atomic E-state index is 6.17. The van der Waals surface area contributed by atoms with E-state index in [9.17, 15) is 0 Å². The van der Waals surface area contributed by atoms with Crippen LogP contribution in [0.2, 0.25) is 0 Å². The first kappa shape index (κ1) is 14.2. The summed E-state index contributed by atoms with van der Waals surface area (Å²) in [6.45, 7) is 6.08. The molecule has 2 unspecified atom stereocenters. The van der Waals surface area contributed by atoms with E-state index in [1.54, 1.807) is 14.2 Å². The lowest BCUT2D eigenvalue weighted by Gasteiger charge is -2.34. The van der Waals surface area contributed by atoms with Crippen molar-refractivity contribution in [1.82, 2.24) is 5.32 Å². The van der Waals surface area contributed by atoms with E-state index < -0.39 is 0 Å². The predicted octanol–water partition coefficient (Wildman–Crippen LogP) is 2.39. The van der Waals surface area contributed by atoms with Crippen molar-refractivity contribution in [2.75, 3.05) is 27.3 Å². The van der Waals surface area contributed by atoms with Crippen molar-refractivity contribution in [2.45, 2.75) is 26.1 Å². The van der Waals surface area contributed by atoms with E-state index in [-0.39, 0.29) is 12.2 Å². The third kappa shape index (κ3) is 3.19. The van der Waals surface area contributed by atoms with Crippen LogP contribution in [-0.2, 0) is 4.74 Å². The van der Waals surface area contributed by atoms with Crippen LogP contribution in [0.4, 0.5) is 0 Å². The summed E-state index contributed by atoms with van der Waals surface area (Å²) in [7, 11) is 3.33. The van der Waals surface area contributed by atoms with Crippen molar-refractivity contribution >= 4 is 0 Å². The zero-order valence-electron chi connectivity index (χ0n) is 12.1. The Hall–Kier alpha value is -1.26. The van der Waals surface area contributed by atoms with Gasteiger partial charge in [0.05, 0.1) is 26.4 Å². The Morgan fingerprint density at radius 2 is 2.00 bits per heavy atom. The van der Waals surface area contributed by atoms with Gasteiger partial charge in [-0.3, -0.25) is 0 Å². The highest BCUT2D eigenvalue weighted by molar-refractivity contribution is 5.42. The molecule has 0 amide bonds. The van der Waals surface area contributed by atoms with E-state index in [1.165, 1.54) is 0 Å². The zero-order chi connectivity index (χ0) is 13.8. The van der Waals surface area contributed by atoms with Crippen LogP contribution in [0.1, 0.15) is 25.5 Å². The Morgan fingerprint density at radius 3 is 2.63 bits per heavy atom. The van der Waals surface area contributed by atoms with Gasteiger partial charge in [-0.15, -0.1) is 0 Å². The quantitative estimate of drug-likeness (QED) is 0.907. The van der Waals surface area contributed by atoms with E-state index >= 15 is 0 Å². The highest BCUT2D eigenvalue weighted by atomic mass is 16.5.